The van der Waals surface area contributed by atoms with E-state index in [4.69, 9.17) is 4.74 Å². The molecule has 1 aliphatic rings. The van der Waals surface area contributed by atoms with E-state index in [0.29, 0.717) is 18.7 Å². The maximum atomic E-state index is 6.23. The van der Waals surface area contributed by atoms with Crippen molar-refractivity contribution in [2.75, 3.05) is 0 Å². The Balaban J connectivity index is 2.69. The first-order valence-electron chi connectivity index (χ1n) is 6.61. The molecule has 2 heteroatoms. The van der Waals surface area contributed by atoms with Crippen LogP contribution in [0.4, 0.5) is 0 Å². The summed E-state index contributed by atoms with van der Waals surface area (Å²) in [6, 6.07) is 0. The van der Waals surface area contributed by atoms with E-state index in [0.717, 1.165) is 5.82 Å². The zero-order valence-electron chi connectivity index (χ0n) is 11.3. The average Bonchev–Trinajstić information content (AvgIpc) is 2.37. The van der Waals surface area contributed by atoms with Gasteiger partial charge in [-0.25, -0.2) is 0 Å². The van der Waals surface area contributed by atoms with E-state index >= 15 is 0 Å². The largest absolute Gasteiger partial charge is 0.381 e. The Morgan fingerprint density at radius 1 is 1.40 bits per heavy atom. The van der Waals surface area contributed by atoms with Gasteiger partial charge in [0.15, 0.2) is 6.71 Å². The Morgan fingerprint density at radius 3 is 2.40 bits per heavy atom. The maximum Gasteiger partial charge on any atom is 0.182 e. The molecule has 0 aliphatic carbocycles. The van der Waals surface area contributed by atoms with Crippen LogP contribution in [0.1, 0.15) is 53.9 Å². The van der Waals surface area contributed by atoms with Crippen molar-refractivity contribution in [3.8, 4) is 0 Å². The lowest BCUT2D eigenvalue weighted by Gasteiger charge is -2.32. The van der Waals surface area contributed by atoms with Gasteiger partial charge in [0.05, 0.1) is 6.10 Å². The van der Waals surface area contributed by atoms with Crippen molar-refractivity contribution in [2.45, 2.75) is 78.1 Å². The van der Waals surface area contributed by atoms with Crippen molar-refractivity contribution in [3.05, 3.63) is 0 Å². The molecule has 0 amide bonds. The van der Waals surface area contributed by atoms with Crippen LogP contribution >= 0.6 is 0 Å². The second kappa shape index (κ2) is 4.90. The van der Waals surface area contributed by atoms with E-state index in [2.05, 4.69) is 41.4 Å². The number of hydrogen-bond donors (Lipinski definition) is 0. The van der Waals surface area contributed by atoms with Gasteiger partial charge in [-0.3, -0.25) is 0 Å². The van der Waals surface area contributed by atoms with Crippen molar-refractivity contribution >= 4 is 6.71 Å². The smallest absolute Gasteiger partial charge is 0.182 e. The van der Waals surface area contributed by atoms with Crippen LogP contribution in [-0.4, -0.2) is 18.3 Å². The number of rotatable bonds is 4. The zero-order chi connectivity index (χ0) is 11.6. The molecule has 15 heavy (non-hydrogen) atoms. The van der Waals surface area contributed by atoms with Crippen molar-refractivity contribution in [2.24, 2.45) is 5.92 Å². The lowest BCUT2D eigenvalue weighted by atomic mass is 9.32. The van der Waals surface area contributed by atoms with Crippen molar-refractivity contribution < 1.29 is 4.74 Å². The first-order valence-corrected chi connectivity index (χ1v) is 6.61. The second-order valence-corrected chi connectivity index (χ2v) is 5.76. The van der Waals surface area contributed by atoms with Crippen LogP contribution in [-0.2, 0) is 4.74 Å². The molecule has 0 N–H and O–H groups in total. The standard InChI is InChI=1S/C13H27BO/c1-7-8-9-12-11(4)15-13(5,10(2)3)14(12)6/h10-12H,7-9H2,1-6H3. The van der Waals surface area contributed by atoms with Crippen molar-refractivity contribution in [1.29, 1.82) is 0 Å². The van der Waals surface area contributed by atoms with Gasteiger partial charge >= 0.3 is 0 Å². The molecular formula is C13H27BO. The minimum atomic E-state index is 0.0951. The zero-order valence-corrected chi connectivity index (χ0v) is 11.3. The van der Waals surface area contributed by atoms with Gasteiger partial charge < -0.3 is 4.74 Å². The molecule has 1 heterocycles. The molecular weight excluding hydrogens is 183 g/mol. The van der Waals surface area contributed by atoms with Crippen LogP contribution in [0.2, 0.25) is 12.6 Å². The Hall–Kier alpha value is 0.0249. The quantitative estimate of drug-likeness (QED) is 0.636. The van der Waals surface area contributed by atoms with Gasteiger partial charge in [-0.1, -0.05) is 46.9 Å². The highest BCUT2D eigenvalue weighted by Gasteiger charge is 2.51. The summed E-state index contributed by atoms with van der Waals surface area (Å²) < 4.78 is 6.23. The number of ether oxygens (including phenoxy) is 1. The molecule has 0 radical (unpaired) electrons. The van der Waals surface area contributed by atoms with Crippen LogP contribution in [0.25, 0.3) is 0 Å². The predicted octanol–water partition coefficient (Wildman–Crippen LogP) is 4.04. The molecule has 1 nitrogen and oxygen atoms in total. The van der Waals surface area contributed by atoms with Crippen molar-refractivity contribution in [1.82, 2.24) is 0 Å². The van der Waals surface area contributed by atoms with Gasteiger partial charge in [0, 0.05) is 5.50 Å². The summed E-state index contributed by atoms with van der Waals surface area (Å²) in [7, 11) is 0. The van der Waals surface area contributed by atoms with E-state index < -0.39 is 0 Å². The van der Waals surface area contributed by atoms with Crippen LogP contribution in [0.15, 0.2) is 0 Å². The summed E-state index contributed by atoms with van der Waals surface area (Å²) in [4.78, 5) is 0. The second-order valence-electron chi connectivity index (χ2n) is 5.76. The van der Waals surface area contributed by atoms with E-state index in [1.807, 2.05) is 0 Å². The highest BCUT2D eigenvalue weighted by molar-refractivity contribution is 6.63. The predicted molar refractivity (Wildman–Crippen MR) is 68.7 cm³/mol. The van der Waals surface area contributed by atoms with E-state index in [-0.39, 0.29) is 5.50 Å². The lowest BCUT2D eigenvalue weighted by molar-refractivity contribution is -0.0275. The highest BCUT2D eigenvalue weighted by atomic mass is 16.5. The molecule has 0 spiro atoms. The fourth-order valence-electron chi connectivity index (χ4n) is 3.01. The van der Waals surface area contributed by atoms with Gasteiger partial charge in [-0.2, -0.15) is 0 Å². The van der Waals surface area contributed by atoms with E-state index in [1.165, 1.54) is 19.3 Å². The Bertz CT molecular complexity index is 205. The molecule has 0 saturated carbocycles. The van der Waals surface area contributed by atoms with Crippen LogP contribution in [0.5, 0.6) is 0 Å². The molecule has 3 unspecified atom stereocenters. The third-order valence-electron chi connectivity index (χ3n) is 4.63. The summed E-state index contributed by atoms with van der Waals surface area (Å²) in [5.41, 5.74) is 0.0951. The molecule has 1 aliphatic heterocycles. The monoisotopic (exact) mass is 210 g/mol. The van der Waals surface area contributed by atoms with Crippen LogP contribution < -0.4 is 0 Å². The summed E-state index contributed by atoms with van der Waals surface area (Å²) in [5, 5.41) is 0. The van der Waals surface area contributed by atoms with Gasteiger partial charge in [-0.15, -0.1) is 0 Å². The molecule has 0 bridgehead atoms. The Kier molecular flexibility index (Phi) is 4.28. The van der Waals surface area contributed by atoms with Gasteiger partial charge in [0.1, 0.15) is 0 Å². The Labute approximate surface area is 96.0 Å². The number of hydrogen-bond acceptors (Lipinski definition) is 1. The topological polar surface area (TPSA) is 9.23 Å². The molecule has 0 aromatic heterocycles. The van der Waals surface area contributed by atoms with Gasteiger partial charge in [-0.05, 0) is 25.6 Å². The molecule has 3 atom stereocenters. The minimum absolute atomic E-state index is 0.0951. The van der Waals surface area contributed by atoms with Crippen molar-refractivity contribution in [3.63, 3.8) is 0 Å². The third kappa shape index (κ3) is 2.41. The molecule has 1 saturated heterocycles. The fraction of sp³-hybridized carbons (Fsp3) is 1.00. The summed E-state index contributed by atoms with van der Waals surface area (Å²) in [5.74, 6) is 1.37. The fourth-order valence-corrected chi connectivity index (χ4v) is 3.01. The SMILES string of the molecule is CCCCC1B(C)C(C)(C(C)C)OC1C. The molecule has 88 valence electrons. The van der Waals surface area contributed by atoms with E-state index in [1.54, 1.807) is 0 Å². The number of unbranched alkanes of at least 4 members (excludes halogenated alkanes) is 1. The normalized spacial score (nSPS) is 36.6. The summed E-state index contributed by atoms with van der Waals surface area (Å²) in [6.45, 7) is 14.5. The first kappa shape index (κ1) is 13.1. The molecule has 0 aromatic carbocycles. The summed E-state index contributed by atoms with van der Waals surface area (Å²) >= 11 is 0. The van der Waals surface area contributed by atoms with Crippen LogP contribution in [0.3, 0.4) is 0 Å². The average molecular weight is 210 g/mol. The third-order valence-corrected chi connectivity index (χ3v) is 4.63. The molecule has 0 aromatic rings. The first-order chi connectivity index (χ1) is 6.93. The highest BCUT2D eigenvalue weighted by Crippen LogP contribution is 2.44. The molecule has 1 rings (SSSR count). The Morgan fingerprint density at radius 2 is 2.00 bits per heavy atom. The lowest BCUT2D eigenvalue weighted by Crippen LogP contribution is -2.44. The van der Waals surface area contributed by atoms with Gasteiger partial charge in [0.25, 0.3) is 0 Å². The van der Waals surface area contributed by atoms with E-state index in [9.17, 15) is 0 Å². The maximum absolute atomic E-state index is 6.23. The summed E-state index contributed by atoms with van der Waals surface area (Å²) in [6.07, 6.45) is 4.42. The van der Waals surface area contributed by atoms with Gasteiger partial charge in [0.2, 0.25) is 0 Å². The van der Waals surface area contributed by atoms with Crippen LogP contribution in [0, 0.1) is 5.92 Å². The minimum Gasteiger partial charge on any atom is -0.381 e. The molecule has 1 fully saturated rings.